The number of methoxy groups -OCH3 is 1. The summed E-state index contributed by atoms with van der Waals surface area (Å²) >= 11 is 0. The van der Waals surface area contributed by atoms with Crippen LogP contribution < -0.4 is 25.0 Å². The molecule has 1 unspecified atom stereocenters. The van der Waals surface area contributed by atoms with Gasteiger partial charge in [0, 0.05) is 25.5 Å². The molecule has 3 fully saturated rings. The standard InChI is InChI=1S/C30H39F2N5O3/c1-37-24-17-34-28(36-26(24)22(20-5-3-4-6-20)16-30(31,32)27(37)38)35-23-8-7-21(13-25(23)39-2)40-18-19-14-29(15-19)9-11-33-12-10-29/h7-8,13,17,19-20,22,33H,3-6,9-12,14-16,18H2,1-2H3,(H,34,35,36). The van der Waals surface area contributed by atoms with E-state index >= 15 is 0 Å². The normalized spacial score (nSPS) is 24.4. The highest BCUT2D eigenvalue weighted by Crippen LogP contribution is 2.52. The van der Waals surface area contributed by atoms with E-state index in [4.69, 9.17) is 14.5 Å². The van der Waals surface area contributed by atoms with Crippen molar-refractivity contribution in [1.29, 1.82) is 0 Å². The predicted molar refractivity (Wildman–Crippen MR) is 149 cm³/mol. The van der Waals surface area contributed by atoms with Crippen LogP contribution in [-0.4, -0.2) is 55.7 Å². The molecule has 1 atom stereocenters. The molecule has 216 valence electrons. The number of amides is 1. The lowest BCUT2D eigenvalue weighted by Crippen LogP contribution is -2.46. The summed E-state index contributed by atoms with van der Waals surface area (Å²) in [6, 6.07) is 5.59. The van der Waals surface area contributed by atoms with Gasteiger partial charge < -0.3 is 25.0 Å². The lowest BCUT2D eigenvalue weighted by atomic mass is 9.58. The Labute approximate surface area is 234 Å². The molecule has 2 N–H and O–H groups in total. The van der Waals surface area contributed by atoms with E-state index in [0.717, 1.165) is 49.4 Å². The number of fused-ring (bicyclic) bond motifs is 1. The molecule has 0 radical (unpaired) electrons. The molecular weight excluding hydrogens is 516 g/mol. The topological polar surface area (TPSA) is 88.6 Å². The second-order valence-electron chi connectivity index (χ2n) is 12.2. The van der Waals surface area contributed by atoms with Gasteiger partial charge in [0.15, 0.2) is 0 Å². The van der Waals surface area contributed by atoms with Gasteiger partial charge in [0.2, 0.25) is 5.95 Å². The number of hydrogen-bond donors (Lipinski definition) is 2. The molecule has 1 aromatic carbocycles. The number of benzene rings is 1. The van der Waals surface area contributed by atoms with Crippen LogP contribution >= 0.6 is 0 Å². The highest BCUT2D eigenvalue weighted by Gasteiger charge is 2.50. The summed E-state index contributed by atoms with van der Waals surface area (Å²) in [7, 11) is 2.97. The molecule has 1 saturated heterocycles. The van der Waals surface area contributed by atoms with Gasteiger partial charge in [-0.05, 0) is 81.0 Å². The molecule has 2 aromatic rings. The maximum atomic E-state index is 14.9. The number of carbonyl (C=O) groups is 1. The Bertz CT molecular complexity index is 1240. The average Bonchev–Trinajstić information content (AvgIpc) is 3.47. The minimum Gasteiger partial charge on any atom is -0.494 e. The monoisotopic (exact) mass is 555 g/mol. The Balaban J connectivity index is 1.17. The molecule has 8 nitrogen and oxygen atoms in total. The molecule has 0 bridgehead atoms. The maximum absolute atomic E-state index is 14.9. The van der Waals surface area contributed by atoms with Crippen molar-refractivity contribution in [3.8, 4) is 11.5 Å². The summed E-state index contributed by atoms with van der Waals surface area (Å²) < 4.78 is 41.6. The minimum absolute atomic E-state index is 0.0676. The van der Waals surface area contributed by atoms with Crippen LogP contribution in [0.3, 0.4) is 0 Å². The van der Waals surface area contributed by atoms with E-state index in [0.29, 0.717) is 40.8 Å². The summed E-state index contributed by atoms with van der Waals surface area (Å²) in [5, 5.41) is 6.66. The maximum Gasteiger partial charge on any atom is 0.325 e. The van der Waals surface area contributed by atoms with Gasteiger partial charge in [-0.3, -0.25) is 4.79 Å². The van der Waals surface area contributed by atoms with Crippen molar-refractivity contribution in [2.24, 2.45) is 17.3 Å². The predicted octanol–water partition coefficient (Wildman–Crippen LogP) is 5.66. The zero-order chi connectivity index (χ0) is 27.9. The quantitative estimate of drug-likeness (QED) is 0.456. The number of anilines is 3. The summed E-state index contributed by atoms with van der Waals surface area (Å²) in [4.78, 5) is 22.7. The van der Waals surface area contributed by atoms with Crippen molar-refractivity contribution in [1.82, 2.24) is 15.3 Å². The fourth-order valence-corrected chi connectivity index (χ4v) is 7.39. The lowest BCUT2D eigenvalue weighted by molar-refractivity contribution is -0.143. The second-order valence-corrected chi connectivity index (χ2v) is 12.2. The number of halogens is 2. The van der Waals surface area contributed by atoms with Gasteiger partial charge in [0.05, 0.1) is 37.0 Å². The van der Waals surface area contributed by atoms with Crippen LogP contribution in [0.2, 0.25) is 0 Å². The van der Waals surface area contributed by atoms with Crippen LogP contribution in [0.1, 0.15) is 69.4 Å². The second kappa shape index (κ2) is 10.8. The first kappa shape index (κ1) is 27.2. The SMILES string of the molecule is COc1cc(OCC2CC3(CCNCC3)C2)ccc1Nc1ncc2c(n1)C(C1CCCC1)CC(F)(F)C(=O)N2C. The summed E-state index contributed by atoms with van der Waals surface area (Å²) in [6.07, 6.45) is 9.67. The zero-order valence-electron chi connectivity index (χ0n) is 23.3. The van der Waals surface area contributed by atoms with Crippen molar-refractivity contribution in [3.63, 3.8) is 0 Å². The third kappa shape index (κ3) is 5.22. The summed E-state index contributed by atoms with van der Waals surface area (Å²) in [5.74, 6) is -2.92. The number of ether oxygens (including phenoxy) is 2. The van der Waals surface area contributed by atoms with Crippen molar-refractivity contribution < 1.29 is 23.0 Å². The van der Waals surface area contributed by atoms with E-state index in [1.807, 2.05) is 18.2 Å². The summed E-state index contributed by atoms with van der Waals surface area (Å²) in [5.41, 5.74) is 2.02. The molecule has 6 rings (SSSR count). The van der Waals surface area contributed by atoms with E-state index in [9.17, 15) is 13.6 Å². The third-order valence-corrected chi connectivity index (χ3v) is 9.59. The van der Waals surface area contributed by atoms with Gasteiger partial charge in [-0.2, -0.15) is 8.78 Å². The van der Waals surface area contributed by atoms with Gasteiger partial charge in [-0.1, -0.05) is 12.8 Å². The Hall–Kier alpha value is -3.01. The number of nitrogens with zero attached hydrogens (tertiary/aromatic N) is 3. The van der Waals surface area contributed by atoms with Crippen LogP contribution in [0.25, 0.3) is 0 Å². The van der Waals surface area contributed by atoms with Gasteiger partial charge in [-0.25, -0.2) is 9.97 Å². The number of carbonyl (C=O) groups excluding carboxylic acids is 1. The van der Waals surface area contributed by atoms with Crippen molar-refractivity contribution in [2.75, 3.05) is 44.1 Å². The number of piperidine rings is 1. The number of rotatable bonds is 7. The molecule has 2 saturated carbocycles. The largest absolute Gasteiger partial charge is 0.494 e. The molecule has 10 heteroatoms. The Morgan fingerprint density at radius 1 is 1.15 bits per heavy atom. The minimum atomic E-state index is -3.44. The fourth-order valence-electron chi connectivity index (χ4n) is 7.39. The van der Waals surface area contributed by atoms with E-state index in [1.165, 1.54) is 38.9 Å². The van der Waals surface area contributed by atoms with Crippen LogP contribution in [0.5, 0.6) is 11.5 Å². The lowest BCUT2D eigenvalue weighted by Gasteiger charge is -2.50. The molecule has 3 heterocycles. The van der Waals surface area contributed by atoms with Crippen molar-refractivity contribution in [2.45, 2.75) is 69.6 Å². The molecule has 2 aliphatic carbocycles. The van der Waals surface area contributed by atoms with Gasteiger partial charge in [0.1, 0.15) is 11.5 Å². The van der Waals surface area contributed by atoms with Crippen molar-refractivity contribution >= 4 is 23.2 Å². The van der Waals surface area contributed by atoms with Crippen LogP contribution in [-0.2, 0) is 4.79 Å². The van der Waals surface area contributed by atoms with Crippen molar-refractivity contribution in [3.05, 3.63) is 30.1 Å². The Kier molecular flexibility index (Phi) is 7.31. The molecule has 40 heavy (non-hydrogen) atoms. The smallest absolute Gasteiger partial charge is 0.325 e. The first-order valence-electron chi connectivity index (χ1n) is 14.6. The van der Waals surface area contributed by atoms with Crippen LogP contribution in [0.4, 0.5) is 26.1 Å². The van der Waals surface area contributed by atoms with Gasteiger partial charge in [0.25, 0.3) is 5.91 Å². The van der Waals surface area contributed by atoms with Crippen LogP contribution in [0.15, 0.2) is 24.4 Å². The Morgan fingerprint density at radius 3 is 2.62 bits per heavy atom. The van der Waals surface area contributed by atoms with E-state index in [-0.39, 0.29) is 11.9 Å². The van der Waals surface area contributed by atoms with E-state index < -0.39 is 24.2 Å². The van der Waals surface area contributed by atoms with Gasteiger partial charge in [-0.15, -0.1) is 0 Å². The molecule has 1 aromatic heterocycles. The molecule has 2 aliphatic heterocycles. The number of aromatic nitrogens is 2. The molecule has 4 aliphatic rings. The Morgan fingerprint density at radius 2 is 1.90 bits per heavy atom. The fraction of sp³-hybridized carbons (Fsp3) is 0.633. The molecular formula is C30H39F2N5O3. The van der Waals surface area contributed by atoms with Crippen LogP contribution in [0, 0.1) is 17.3 Å². The van der Waals surface area contributed by atoms with E-state index in [1.54, 1.807) is 7.11 Å². The zero-order valence-corrected chi connectivity index (χ0v) is 23.3. The highest BCUT2D eigenvalue weighted by atomic mass is 19.3. The third-order valence-electron chi connectivity index (χ3n) is 9.59. The molecule has 1 amide bonds. The summed E-state index contributed by atoms with van der Waals surface area (Å²) in [6.45, 7) is 2.93. The molecule has 1 spiro atoms. The van der Waals surface area contributed by atoms with E-state index in [2.05, 4.69) is 15.6 Å². The first-order valence-corrected chi connectivity index (χ1v) is 14.6. The highest BCUT2D eigenvalue weighted by molar-refractivity contribution is 5.99. The first-order chi connectivity index (χ1) is 19.3. The number of nitrogens with one attached hydrogen (secondary N) is 2. The average molecular weight is 556 g/mol. The van der Waals surface area contributed by atoms with Gasteiger partial charge >= 0.3 is 5.92 Å². The number of hydrogen-bond acceptors (Lipinski definition) is 7. The number of alkyl halides is 2.